The highest BCUT2D eigenvalue weighted by Gasteiger charge is 2.17. The number of amides is 1. The van der Waals surface area contributed by atoms with E-state index in [-0.39, 0.29) is 5.91 Å². The highest BCUT2D eigenvalue weighted by Crippen LogP contribution is 2.30. The summed E-state index contributed by atoms with van der Waals surface area (Å²) in [5.74, 6) is 0.0547. The van der Waals surface area contributed by atoms with Crippen LogP contribution in [-0.4, -0.2) is 36.2 Å². The van der Waals surface area contributed by atoms with Crippen LogP contribution in [0, 0.1) is 6.92 Å². The van der Waals surface area contributed by atoms with Crippen LogP contribution in [0.2, 0.25) is 0 Å². The lowest BCUT2D eigenvalue weighted by Crippen LogP contribution is -2.23. The van der Waals surface area contributed by atoms with Gasteiger partial charge in [0.05, 0.1) is 30.9 Å². The number of anilines is 2. The summed E-state index contributed by atoms with van der Waals surface area (Å²) in [6.45, 7) is 2.09. The Morgan fingerprint density at radius 3 is 2.62 bits per heavy atom. The first-order chi connectivity index (χ1) is 13.9. The number of nitrogens with zero attached hydrogens (tertiary/aromatic N) is 4. The van der Waals surface area contributed by atoms with Crippen LogP contribution in [0.25, 0.3) is 0 Å². The Hall–Kier alpha value is -3.40. The molecule has 1 N–H and O–H groups in total. The van der Waals surface area contributed by atoms with E-state index in [0.29, 0.717) is 34.9 Å². The van der Waals surface area contributed by atoms with E-state index in [9.17, 15) is 13.2 Å². The number of aryl methyl sites for hydroxylation is 2. The second-order valence-corrected chi connectivity index (χ2v) is 7.19. The number of hydrogen-bond donors (Lipinski definition) is 2. The summed E-state index contributed by atoms with van der Waals surface area (Å²) in [5.41, 5.74) is 2.63. The Bertz CT molecular complexity index is 1080. The minimum atomic E-state index is -3.01. The number of benzene rings is 1. The molecule has 1 aromatic carbocycles. The van der Waals surface area contributed by atoms with Gasteiger partial charge in [-0.15, -0.1) is 0 Å². The average molecular weight is 415 g/mol. The van der Waals surface area contributed by atoms with E-state index in [1.54, 1.807) is 61.4 Å². The lowest BCUT2D eigenvalue weighted by atomic mass is 10.1. The molecule has 0 bridgehead atoms. The molecule has 0 saturated carbocycles. The minimum Gasteiger partial charge on any atom is -0.481 e. The fourth-order valence-electron chi connectivity index (χ4n) is 2.77. The fourth-order valence-corrected chi connectivity index (χ4v) is 3.46. The Morgan fingerprint density at radius 2 is 2.03 bits per heavy atom. The molecule has 29 heavy (non-hydrogen) atoms. The molecule has 0 aliphatic heterocycles. The van der Waals surface area contributed by atoms with E-state index >= 15 is 0 Å². The van der Waals surface area contributed by atoms with Gasteiger partial charge >= 0.3 is 0 Å². The van der Waals surface area contributed by atoms with Crippen LogP contribution in [0.4, 0.5) is 11.4 Å². The summed E-state index contributed by atoms with van der Waals surface area (Å²) in [7, 11) is 0.264. The Kier molecular flexibility index (Phi) is 6.13. The molecule has 0 spiro atoms. The van der Waals surface area contributed by atoms with Crippen LogP contribution >= 0.6 is 0 Å². The van der Waals surface area contributed by atoms with Crippen molar-refractivity contribution in [3.63, 3.8) is 0 Å². The van der Waals surface area contributed by atoms with Gasteiger partial charge in [-0.05, 0) is 30.7 Å². The van der Waals surface area contributed by atoms with Crippen molar-refractivity contribution in [1.29, 1.82) is 0 Å². The van der Waals surface area contributed by atoms with Gasteiger partial charge in [-0.25, -0.2) is 17.7 Å². The van der Waals surface area contributed by atoms with Crippen LogP contribution < -0.4 is 14.4 Å². The van der Waals surface area contributed by atoms with Crippen molar-refractivity contribution in [2.45, 2.75) is 13.5 Å². The maximum atomic E-state index is 12.6. The fraction of sp³-hybridized carbons (Fsp3) is 0.211. The zero-order valence-corrected chi connectivity index (χ0v) is 17.1. The number of hydrogen-bond acceptors (Lipinski definition) is 6. The molecule has 9 nitrogen and oxygen atoms in total. The standard InChI is InChI=1S/C19H21N5O4S/c1-13-4-5-15(19(25)21-9-14-10-22-23(2)12-14)8-17(13)24(29(26)27)16-6-7-18(28-3)20-11-16/h4-8,10-12,29H,9H2,1-3H3,(H,21,25). The number of carbonyl (C=O) groups is 1. The molecule has 3 aromatic rings. The largest absolute Gasteiger partial charge is 0.481 e. The van der Waals surface area contributed by atoms with Crippen molar-refractivity contribution < 1.29 is 17.9 Å². The van der Waals surface area contributed by atoms with Crippen molar-refractivity contribution in [2.75, 3.05) is 11.4 Å². The summed E-state index contributed by atoms with van der Waals surface area (Å²) < 4.78 is 31.8. The van der Waals surface area contributed by atoms with Crippen molar-refractivity contribution in [2.24, 2.45) is 7.05 Å². The molecular formula is C19H21N5O4S. The number of rotatable bonds is 7. The lowest BCUT2D eigenvalue weighted by Gasteiger charge is -2.20. The van der Waals surface area contributed by atoms with E-state index in [4.69, 9.17) is 4.74 Å². The van der Waals surface area contributed by atoms with Crippen LogP contribution in [0.3, 0.4) is 0 Å². The first-order valence-corrected chi connectivity index (χ1v) is 9.83. The lowest BCUT2D eigenvalue weighted by molar-refractivity contribution is 0.0951. The number of carbonyl (C=O) groups excluding carboxylic acids is 1. The molecule has 2 heterocycles. The van der Waals surface area contributed by atoms with E-state index < -0.39 is 10.9 Å². The molecule has 3 rings (SSSR count). The van der Waals surface area contributed by atoms with Crippen molar-refractivity contribution in [1.82, 2.24) is 20.1 Å². The molecule has 0 radical (unpaired) electrons. The zero-order chi connectivity index (χ0) is 21.0. The maximum Gasteiger partial charge on any atom is 0.251 e. The molecule has 0 aliphatic carbocycles. The predicted molar refractivity (Wildman–Crippen MR) is 109 cm³/mol. The first kappa shape index (κ1) is 20.3. The van der Waals surface area contributed by atoms with Gasteiger partial charge in [0.2, 0.25) is 16.8 Å². The average Bonchev–Trinajstić information content (AvgIpc) is 3.13. The van der Waals surface area contributed by atoms with Gasteiger partial charge in [-0.2, -0.15) is 5.10 Å². The molecule has 0 unspecified atom stereocenters. The molecule has 2 aromatic heterocycles. The van der Waals surface area contributed by atoms with Gasteiger partial charge in [0.15, 0.2) is 0 Å². The van der Waals surface area contributed by atoms with Gasteiger partial charge in [0, 0.05) is 37.0 Å². The third-order valence-electron chi connectivity index (χ3n) is 4.25. The summed E-state index contributed by atoms with van der Waals surface area (Å²) >= 11 is 0. The van der Waals surface area contributed by atoms with Crippen molar-refractivity contribution in [3.05, 3.63) is 65.6 Å². The highest BCUT2D eigenvalue weighted by atomic mass is 32.2. The molecule has 0 atom stereocenters. The molecule has 0 fully saturated rings. The molecule has 1 amide bonds. The zero-order valence-electron chi connectivity index (χ0n) is 16.2. The molecule has 10 heteroatoms. The Balaban J connectivity index is 1.88. The molecule has 0 aliphatic rings. The maximum absolute atomic E-state index is 12.6. The smallest absolute Gasteiger partial charge is 0.251 e. The van der Waals surface area contributed by atoms with Crippen LogP contribution in [-0.2, 0) is 24.5 Å². The van der Waals surface area contributed by atoms with Gasteiger partial charge in [0.25, 0.3) is 5.91 Å². The van der Waals surface area contributed by atoms with Crippen LogP contribution in [0.15, 0.2) is 48.9 Å². The highest BCUT2D eigenvalue weighted by molar-refractivity contribution is 7.74. The number of pyridine rings is 1. The number of nitrogens with one attached hydrogen (secondary N) is 1. The Morgan fingerprint density at radius 1 is 1.24 bits per heavy atom. The number of aromatic nitrogens is 3. The molecule has 0 saturated heterocycles. The SMILES string of the molecule is COc1ccc(N(c2cc(C(=O)NCc3cnn(C)c3)ccc2C)[SH](=O)=O)cn1. The van der Waals surface area contributed by atoms with Crippen molar-refractivity contribution >= 4 is 28.2 Å². The molecular weight excluding hydrogens is 394 g/mol. The second-order valence-electron chi connectivity index (χ2n) is 6.31. The van der Waals surface area contributed by atoms with Crippen LogP contribution in [0.1, 0.15) is 21.5 Å². The summed E-state index contributed by atoms with van der Waals surface area (Å²) in [6.07, 6.45) is 4.88. The summed E-state index contributed by atoms with van der Waals surface area (Å²) in [4.78, 5) is 16.6. The van der Waals surface area contributed by atoms with Gasteiger partial charge in [-0.1, -0.05) is 6.07 Å². The van der Waals surface area contributed by atoms with E-state index in [1.807, 2.05) is 0 Å². The second kappa shape index (κ2) is 8.74. The monoisotopic (exact) mass is 415 g/mol. The van der Waals surface area contributed by atoms with E-state index in [0.717, 1.165) is 9.87 Å². The van der Waals surface area contributed by atoms with E-state index in [1.165, 1.54) is 13.3 Å². The quantitative estimate of drug-likeness (QED) is 0.569. The topological polar surface area (TPSA) is 106 Å². The predicted octanol–water partition coefficient (Wildman–Crippen LogP) is 1.73. The van der Waals surface area contributed by atoms with Crippen LogP contribution in [0.5, 0.6) is 5.88 Å². The van der Waals surface area contributed by atoms with Gasteiger partial charge in [0.1, 0.15) is 0 Å². The molecule has 152 valence electrons. The summed E-state index contributed by atoms with van der Waals surface area (Å²) in [6, 6.07) is 8.06. The third-order valence-corrected chi connectivity index (χ3v) is 5.02. The number of methoxy groups -OCH3 is 1. The van der Waals surface area contributed by atoms with Crippen molar-refractivity contribution in [3.8, 4) is 5.88 Å². The normalized spacial score (nSPS) is 10.8. The first-order valence-electron chi connectivity index (χ1n) is 8.70. The Labute approximate surface area is 170 Å². The van der Waals surface area contributed by atoms with Gasteiger partial charge in [-0.3, -0.25) is 9.48 Å². The van der Waals surface area contributed by atoms with E-state index in [2.05, 4.69) is 15.4 Å². The minimum absolute atomic E-state index is 0.316. The summed E-state index contributed by atoms with van der Waals surface area (Å²) in [5, 5.41) is 6.87. The van der Waals surface area contributed by atoms with Gasteiger partial charge < -0.3 is 10.1 Å². The third kappa shape index (κ3) is 4.72. The number of ether oxygens (including phenoxy) is 1. The number of thiol groups is 1.